The molecule has 0 bridgehead atoms. The highest BCUT2D eigenvalue weighted by Gasteiger charge is 2.16. The van der Waals surface area contributed by atoms with E-state index in [1.165, 1.54) is 16.7 Å². The second-order valence-electron chi connectivity index (χ2n) is 6.77. The number of rotatable bonds is 6. The molecule has 0 saturated heterocycles. The van der Waals surface area contributed by atoms with E-state index in [0.29, 0.717) is 12.3 Å². The minimum atomic E-state index is 0.0776. The van der Waals surface area contributed by atoms with Gasteiger partial charge in [0.25, 0.3) is 0 Å². The molecule has 2 aromatic rings. The molecule has 0 heterocycles. The molecule has 0 radical (unpaired) electrons. The van der Waals surface area contributed by atoms with Crippen LogP contribution in [-0.2, 0) is 11.2 Å². The molecule has 2 heteroatoms. The number of hydrogen-bond acceptors (Lipinski definition) is 1. The smallest absolute Gasteiger partial charge is 0.224 e. The lowest BCUT2D eigenvalue weighted by Gasteiger charge is -2.21. The average molecular weight is 309 g/mol. The van der Waals surface area contributed by atoms with Crippen molar-refractivity contribution in [1.82, 2.24) is 5.32 Å². The van der Waals surface area contributed by atoms with Crippen LogP contribution in [-0.4, -0.2) is 5.91 Å². The van der Waals surface area contributed by atoms with E-state index in [0.717, 1.165) is 12.0 Å². The summed E-state index contributed by atoms with van der Waals surface area (Å²) in [5.74, 6) is 0.620. The van der Waals surface area contributed by atoms with Crippen molar-refractivity contribution in [2.45, 2.75) is 46.6 Å². The minimum Gasteiger partial charge on any atom is -0.349 e. The van der Waals surface area contributed by atoms with Crippen LogP contribution in [0.25, 0.3) is 0 Å². The van der Waals surface area contributed by atoms with Crippen LogP contribution in [0.1, 0.15) is 48.6 Å². The van der Waals surface area contributed by atoms with Crippen molar-refractivity contribution in [2.24, 2.45) is 5.92 Å². The molecule has 1 amide bonds. The highest BCUT2D eigenvalue weighted by Crippen LogP contribution is 2.21. The SMILES string of the molecule is Cc1ccc(C)c(CC(=O)N[C@H](CC(C)C)c2ccccc2)c1. The number of carbonyl (C=O) groups is 1. The number of nitrogens with one attached hydrogen (secondary N) is 1. The summed E-state index contributed by atoms with van der Waals surface area (Å²) in [4.78, 5) is 12.5. The van der Waals surface area contributed by atoms with Crippen molar-refractivity contribution >= 4 is 5.91 Å². The molecule has 0 spiro atoms. The average Bonchev–Trinajstić information content (AvgIpc) is 2.51. The minimum absolute atomic E-state index is 0.0776. The van der Waals surface area contributed by atoms with Gasteiger partial charge in [0.1, 0.15) is 0 Å². The Morgan fingerprint density at radius 1 is 1.04 bits per heavy atom. The van der Waals surface area contributed by atoms with E-state index >= 15 is 0 Å². The molecule has 0 aliphatic carbocycles. The quantitative estimate of drug-likeness (QED) is 0.819. The van der Waals surface area contributed by atoms with Crippen molar-refractivity contribution < 1.29 is 4.79 Å². The van der Waals surface area contributed by atoms with Crippen LogP contribution in [0.4, 0.5) is 0 Å². The summed E-state index contributed by atoms with van der Waals surface area (Å²) in [5, 5.41) is 3.22. The van der Waals surface area contributed by atoms with Crippen LogP contribution in [0.3, 0.4) is 0 Å². The molecule has 0 fully saturated rings. The van der Waals surface area contributed by atoms with Gasteiger partial charge in [-0.3, -0.25) is 4.79 Å². The lowest BCUT2D eigenvalue weighted by Crippen LogP contribution is -2.31. The summed E-state index contributed by atoms with van der Waals surface area (Å²) in [6.45, 7) is 8.50. The zero-order valence-electron chi connectivity index (χ0n) is 14.6. The molecule has 2 nitrogen and oxygen atoms in total. The van der Waals surface area contributed by atoms with Gasteiger partial charge in [0.15, 0.2) is 0 Å². The van der Waals surface area contributed by atoms with Crippen LogP contribution < -0.4 is 5.32 Å². The monoisotopic (exact) mass is 309 g/mol. The van der Waals surface area contributed by atoms with Crippen molar-refractivity contribution in [3.8, 4) is 0 Å². The topological polar surface area (TPSA) is 29.1 Å². The first-order valence-electron chi connectivity index (χ1n) is 8.36. The van der Waals surface area contributed by atoms with Crippen LogP contribution in [0.5, 0.6) is 0 Å². The van der Waals surface area contributed by atoms with E-state index in [2.05, 4.69) is 63.3 Å². The Bertz CT molecular complexity index is 646. The summed E-state index contributed by atoms with van der Waals surface area (Å²) in [6.07, 6.45) is 1.39. The van der Waals surface area contributed by atoms with Gasteiger partial charge < -0.3 is 5.32 Å². The van der Waals surface area contributed by atoms with Gasteiger partial charge in [0.05, 0.1) is 12.5 Å². The van der Waals surface area contributed by atoms with Gasteiger partial charge in [0, 0.05) is 0 Å². The first kappa shape index (κ1) is 17.3. The molecule has 2 rings (SSSR count). The van der Waals surface area contributed by atoms with Crippen LogP contribution in [0.2, 0.25) is 0 Å². The molecule has 122 valence electrons. The van der Waals surface area contributed by atoms with Crippen LogP contribution >= 0.6 is 0 Å². The molecule has 2 aromatic carbocycles. The number of carbonyl (C=O) groups excluding carboxylic acids is 1. The largest absolute Gasteiger partial charge is 0.349 e. The maximum atomic E-state index is 12.5. The lowest BCUT2D eigenvalue weighted by atomic mass is 9.96. The fourth-order valence-corrected chi connectivity index (χ4v) is 2.84. The van der Waals surface area contributed by atoms with E-state index in [1.54, 1.807) is 0 Å². The summed E-state index contributed by atoms with van der Waals surface area (Å²) >= 11 is 0. The van der Waals surface area contributed by atoms with E-state index in [4.69, 9.17) is 0 Å². The zero-order valence-corrected chi connectivity index (χ0v) is 14.6. The first-order valence-corrected chi connectivity index (χ1v) is 8.36. The van der Waals surface area contributed by atoms with Crippen molar-refractivity contribution in [3.63, 3.8) is 0 Å². The molecule has 0 aromatic heterocycles. The molecular formula is C21H27NO. The Kier molecular flexibility index (Phi) is 5.97. The van der Waals surface area contributed by atoms with Crippen molar-refractivity contribution in [3.05, 3.63) is 70.8 Å². The van der Waals surface area contributed by atoms with Gasteiger partial charge in [-0.15, -0.1) is 0 Å². The molecule has 1 N–H and O–H groups in total. The van der Waals surface area contributed by atoms with E-state index < -0.39 is 0 Å². The molecule has 0 aliphatic heterocycles. The third kappa shape index (κ3) is 5.24. The normalized spacial score (nSPS) is 12.2. The third-order valence-corrected chi connectivity index (χ3v) is 4.10. The Hall–Kier alpha value is -2.09. The number of aryl methyl sites for hydroxylation is 2. The fourth-order valence-electron chi connectivity index (χ4n) is 2.84. The van der Waals surface area contributed by atoms with Gasteiger partial charge >= 0.3 is 0 Å². The van der Waals surface area contributed by atoms with E-state index in [9.17, 15) is 4.79 Å². The lowest BCUT2D eigenvalue weighted by molar-refractivity contribution is -0.121. The molecule has 23 heavy (non-hydrogen) atoms. The van der Waals surface area contributed by atoms with Gasteiger partial charge in [-0.1, -0.05) is 67.9 Å². The molecule has 1 atom stereocenters. The predicted octanol–water partition coefficient (Wildman–Crippen LogP) is 4.75. The number of hydrogen-bond donors (Lipinski definition) is 1. The number of amides is 1. The summed E-state index contributed by atoms with van der Waals surface area (Å²) in [6, 6.07) is 16.6. The highest BCUT2D eigenvalue weighted by atomic mass is 16.1. The maximum absolute atomic E-state index is 12.5. The fraction of sp³-hybridized carbons (Fsp3) is 0.381. The van der Waals surface area contributed by atoms with Gasteiger partial charge in [-0.2, -0.15) is 0 Å². The summed E-state index contributed by atoms with van der Waals surface area (Å²) in [5.41, 5.74) is 4.65. The van der Waals surface area contributed by atoms with Gasteiger partial charge in [-0.25, -0.2) is 0 Å². The van der Waals surface area contributed by atoms with Crippen LogP contribution in [0.15, 0.2) is 48.5 Å². The Morgan fingerprint density at radius 2 is 1.74 bits per heavy atom. The second kappa shape index (κ2) is 7.96. The number of benzene rings is 2. The maximum Gasteiger partial charge on any atom is 0.224 e. The predicted molar refractivity (Wildman–Crippen MR) is 96.4 cm³/mol. The Morgan fingerprint density at radius 3 is 2.39 bits per heavy atom. The Labute approximate surface area is 139 Å². The second-order valence-corrected chi connectivity index (χ2v) is 6.77. The van der Waals surface area contributed by atoms with Crippen LogP contribution in [0, 0.1) is 19.8 Å². The molecular weight excluding hydrogens is 282 g/mol. The summed E-state index contributed by atoms with van der Waals surface area (Å²) in [7, 11) is 0. The van der Waals surface area contributed by atoms with E-state index in [-0.39, 0.29) is 11.9 Å². The molecule has 0 aliphatic rings. The first-order chi connectivity index (χ1) is 11.0. The molecule has 0 saturated carbocycles. The standard InChI is InChI=1S/C21H27NO/c1-15(2)12-20(18-8-6-5-7-9-18)22-21(23)14-19-13-16(3)10-11-17(19)4/h5-11,13,15,20H,12,14H2,1-4H3,(H,22,23)/t20-/m1/s1. The Balaban J connectivity index is 2.10. The van der Waals surface area contributed by atoms with Crippen molar-refractivity contribution in [1.29, 1.82) is 0 Å². The highest BCUT2D eigenvalue weighted by molar-refractivity contribution is 5.79. The van der Waals surface area contributed by atoms with Gasteiger partial charge in [-0.05, 0) is 42.9 Å². The van der Waals surface area contributed by atoms with Gasteiger partial charge in [0.2, 0.25) is 5.91 Å². The van der Waals surface area contributed by atoms with Crippen molar-refractivity contribution in [2.75, 3.05) is 0 Å². The van der Waals surface area contributed by atoms with E-state index in [1.807, 2.05) is 18.2 Å². The zero-order chi connectivity index (χ0) is 16.8. The molecule has 0 unspecified atom stereocenters. The summed E-state index contributed by atoms with van der Waals surface area (Å²) < 4.78 is 0. The third-order valence-electron chi connectivity index (χ3n) is 4.10.